The Morgan fingerprint density at radius 2 is 1.91 bits per heavy atom. The number of aromatic nitrogens is 2. The first-order chi connectivity index (χ1) is 16.0. The number of carbonyl (C=O) groups is 1. The quantitative estimate of drug-likeness (QED) is 0.344. The first-order valence-electron chi connectivity index (χ1n) is 10.3. The molecule has 1 amide bonds. The topological polar surface area (TPSA) is 96.4 Å². The number of fused-ring (bicyclic) bond motifs is 1. The number of nitrogens with two attached hydrogens (primary N) is 1. The number of unbranched alkanes of at least 4 members (excludes halogenated alkanes) is 1. The summed E-state index contributed by atoms with van der Waals surface area (Å²) in [5.41, 5.74) is 7.24. The summed E-state index contributed by atoms with van der Waals surface area (Å²) in [5, 5.41) is 0.660. The van der Waals surface area contributed by atoms with Gasteiger partial charge in [0.05, 0.1) is 24.9 Å². The molecule has 0 bridgehead atoms. The molecule has 2 aromatic heterocycles. The smallest absolute Gasteiger partial charge is 0.275 e. The van der Waals surface area contributed by atoms with Gasteiger partial charge in [-0.15, -0.1) is 11.3 Å². The number of rotatable bonds is 9. The Bertz CT molecular complexity index is 1350. The van der Waals surface area contributed by atoms with Gasteiger partial charge in [0.1, 0.15) is 11.0 Å². The largest absolute Gasteiger partial charge is 0.493 e. The standard InChI is InChI=1S/C24H22ClN3O4S/c1-31-20-12-17(9-10-19(20)32-11-3-2-4-22(26)29)28-14-27-18-13-21(33-23(18)24(28)30)15-5-7-16(25)8-6-15/h5-10,12-14H,2-4,11H2,1H3,(H2,26,29). The lowest BCUT2D eigenvalue weighted by Crippen LogP contribution is -2.17. The highest BCUT2D eigenvalue weighted by Crippen LogP contribution is 2.33. The molecular weight excluding hydrogens is 462 g/mol. The van der Waals surface area contributed by atoms with Gasteiger partial charge in [-0.1, -0.05) is 23.7 Å². The van der Waals surface area contributed by atoms with Crippen molar-refractivity contribution < 1.29 is 14.3 Å². The van der Waals surface area contributed by atoms with E-state index in [0.717, 1.165) is 10.4 Å². The number of carbonyl (C=O) groups excluding carboxylic acids is 1. The summed E-state index contributed by atoms with van der Waals surface area (Å²) in [6.07, 6.45) is 3.21. The first kappa shape index (κ1) is 22.8. The highest BCUT2D eigenvalue weighted by atomic mass is 35.5. The zero-order valence-corrected chi connectivity index (χ0v) is 19.5. The highest BCUT2D eigenvalue weighted by Gasteiger charge is 2.13. The molecule has 0 radical (unpaired) electrons. The molecule has 4 aromatic rings. The van der Waals surface area contributed by atoms with Crippen LogP contribution in [0.2, 0.25) is 5.02 Å². The zero-order chi connectivity index (χ0) is 23.4. The number of amides is 1. The van der Waals surface area contributed by atoms with Gasteiger partial charge in [-0.05, 0) is 48.7 Å². The number of thiophene rings is 1. The van der Waals surface area contributed by atoms with Crippen molar-refractivity contribution in [1.82, 2.24) is 9.55 Å². The predicted octanol–water partition coefficient (Wildman–Crippen LogP) is 4.81. The van der Waals surface area contributed by atoms with Crippen molar-refractivity contribution in [3.8, 4) is 27.6 Å². The number of primary amides is 1. The van der Waals surface area contributed by atoms with E-state index >= 15 is 0 Å². The lowest BCUT2D eigenvalue weighted by atomic mass is 10.2. The van der Waals surface area contributed by atoms with Gasteiger partial charge in [-0.2, -0.15) is 0 Å². The Morgan fingerprint density at radius 1 is 1.12 bits per heavy atom. The van der Waals surface area contributed by atoms with E-state index in [2.05, 4.69) is 4.98 Å². The maximum Gasteiger partial charge on any atom is 0.275 e. The SMILES string of the molecule is COc1cc(-n2cnc3cc(-c4ccc(Cl)cc4)sc3c2=O)ccc1OCCCCC(N)=O. The second-order valence-corrected chi connectivity index (χ2v) is 8.85. The molecule has 7 nitrogen and oxygen atoms in total. The van der Waals surface area contributed by atoms with Gasteiger partial charge in [-0.25, -0.2) is 4.98 Å². The number of nitrogens with zero attached hydrogens (tertiary/aromatic N) is 2. The van der Waals surface area contributed by atoms with Crippen LogP contribution in [0.25, 0.3) is 26.3 Å². The van der Waals surface area contributed by atoms with Crippen molar-refractivity contribution in [3.05, 3.63) is 70.2 Å². The second-order valence-electron chi connectivity index (χ2n) is 7.36. The van der Waals surface area contributed by atoms with Gasteiger partial charge in [0, 0.05) is 22.4 Å². The molecule has 0 spiro atoms. The lowest BCUT2D eigenvalue weighted by molar-refractivity contribution is -0.118. The Hall–Kier alpha value is -3.36. The van der Waals surface area contributed by atoms with Gasteiger partial charge in [0.15, 0.2) is 11.5 Å². The van der Waals surface area contributed by atoms with Crippen molar-refractivity contribution in [2.45, 2.75) is 19.3 Å². The molecule has 170 valence electrons. The van der Waals surface area contributed by atoms with Gasteiger partial charge in [-0.3, -0.25) is 14.2 Å². The van der Waals surface area contributed by atoms with Crippen molar-refractivity contribution >= 4 is 39.1 Å². The van der Waals surface area contributed by atoms with E-state index in [-0.39, 0.29) is 11.5 Å². The molecule has 2 N–H and O–H groups in total. The lowest BCUT2D eigenvalue weighted by Gasteiger charge is -2.13. The second kappa shape index (κ2) is 10.1. The Morgan fingerprint density at radius 3 is 2.64 bits per heavy atom. The molecular formula is C24H22ClN3O4S. The Kier molecular flexibility index (Phi) is 6.96. The summed E-state index contributed by atoms with van der Waals surface area (Å²) in [7, 11) is 1.54. The fourth-order valence-corrected chi connectivity index (χ4v) is 4.53. The van der Waals surface area contributed by atoms with Gasteiger partial charge >= 0.3 is 0 Å². The van der Waals surface area contributed by atoms with Gasteiger partial charge in [0.25, 0.3) is 5.56 Å². The first-order valence-corrected chi connectivity index (χ1v) is 11.5. The molecule has 0 saturated heterocycles. The van der Waals surface area contributed by atoms with E-state index in [1.54, 1.807) is 25.3 Å². The zero-order valence-electron chi connectivity index (χ0n) is 17.9. The van der Waals surface area contributed by atoms with Gasteiger partial charge in [0.2, 0.25) is 5.91 Å². The van der Waals surface area contributed by atoms with Crippen molar-refractivity contribution in [2.24, 2.45) is 5.73 Å². The summed E-state index contributed by atoms with van der Waals surface area (Å²) >= 11 is 7.38. The van der Waals surface area contributed by atoms with Crippen molar-refractivity contribution in [2.75, 3.05) is 13.7 Å². The average Bonchev–Trinajstić information content (AvgIpc) is 3.25. The summed E-state index contributed by atoms with van der Waals surface area (Å²) in [4.78, 5) is 29.5. The van der Waals surface area contributed by atoms with Crippen molar-refractivity contribution in [3.63, 3.8) is 0 Å². The minimum atomic E-state index is -0.320. The fourth-order valence-electron chi connectivity index (χ4n) is 3.36. The molecule has 0 atom stereocenters. The van der Waals surface area contributed by atoms with E-state index in [1.165, 1.54) is 22.2 Å². The molecule has 0 aliphatic rings. The maximum absolute atomic E-state index is 13.2. The molecule has 0 aliphatic carbocycles. The minimum Gasteiger partial charge on any atom is -0.493 e. The van der Waals surface area contributed by atoms with Crippen LogP contribution in [0.5, 0.6) is 11.5 Å². The number of halogens is 1. The van der Waals surface area contributed by atoms with Gasteiger partial charge < -0.3 is 15.2 Å². The van der Waals surface area contributed by atoms with Crippen LogP contribution in [0, 0.1) is 0 Å². The van der Waals surface area contributed by atoms with E-state index in [1.807, 2.05) is 30.3 Å². The molecule has 9 heteroatoms. The molecule has 33 heavy (non-hydrogen) atoms. The van der Waals surface area contributed by atoms with Crippen LogP contribution >= 0.6 is 22.9 Å². The van der Waals surface area contributed by atoms with Crippen LogP contribution in [-0.4, -0.2) is 29.2 Å². The minimum absolute atomic E-state index is 0.160. The van der Waals surface area contributed by atoms with Crippen LogP contribution < -0.4 is 20.8 Å². The Balaban J connectivity index is 1.59. The summed E-state index contributed by atoms with van der Waals surface area (Å²) in [5.74, 6) is 0.741. The number of hydrogen-bond acceptors (Lipinski definition) is 6. The van der Waals surface area contributed by atoms with Crippen LogP contribution in [-0.2, 0) is 4.79 Å². The highest BCUT2D eigenvalue weighted by molar-refractivity contribution is 7.22. The number of hydrogen-bond donors (Lipinski definition) is 1. The van der Waals surface area contributed by atoms with Crippen LogP contribution in [0.3, 0.4) is 0 Å². The summed E-state index contributed by atoms with van der Waals surface area (Å²) in [6.45, 7) is 0.430. The molecule has 0 saturated carbocycles. The summed E-state index contributed by atoms with van der Waals surface area (Å²) < 4.78 is 13.3. The molecule has 0 fully saturated rings. The third-order valence-electron chi connectivity index (χ3n) is 5.07. The maximum atomic E-state index is 13.2. The third kappa shape index (κ3) is 5.18. The van der Waals surface area contributed by atoms with E-state index in [9.17, 15) is 9.59 Å². The summed E-state index contributed by atoms with van der Waals surface area (Å²) in [6, 6.07) is 14.7. The molecule has 4 rings (SSSR count). The number of ether oxygens (including phenoxy) is 2. The molecule has 2 heterocycles. The van der Waals surface area contributed by atoms with Crippen LogP contribution in [0.1, 0.15) is 19.3 Å². The Labute approximate surface area is 199 Å². The third-order valence-corrected chi connectivity index (χ3v) is 6.48. The van der Waals surface area contributed by atoms with Crippen molar-refractivity contribution in [1.29, 1.82) is 0 Å². The van der Waals surface area contributed by atoms with E-state index in [4.69, 9.17) is 26.8 Å². The average molecular weight is 484 g/mol. The predicted molar refractivity (Wildman–Crippen MR) is 131 cm³/mol. The number of methoxy groups -OCH3 is 1. The monoisotopic (exact) mass is 483 g/mol. The molecule has 2 aromatic carbocycles. The van der Waals surface area contributed by atoms with Crippen LogP contribution in [0.15, 0.2) is 59.7 Å². The van der Waals surface area contributed by atoms with E-state index in [0.29, 0.717) is 58.3 Å². The molecule has 0 aliphatic heterocycles. The fraction of sp³-hybridized carbons (Fsp3) is 0.208. The number of benzene rings is 2. The van der Waals surface area contributed by atoms with E-state index < -0.39 is 0 Å². The normalized spacial score (nSPS) is 11.0. The molecule has 0 unspecified atom stereocenters. The van der Waals surface area contributed by atoms with Crippen LogP contribution in [0.4, 0.5) is 0 Å².